The highest BCUT2D eigenvalue weighted by Crippen LogP contribution is 2.38. The van der Waals surface area contributed by atoms with Crippen LogP contribution in [0.25, 0.3) is 0 Å². The first-order chi connectivity index (χ1) is 9.68. The van der Waals surface area contributed by atoms with Gasteiger partial charge in [-0.15, -0.1) is 0 Å². The van der Waals surface area contributed by atoms with Gasteiger partial charge in [-0.25, -0.2) is 0 Å². The van der Waals surface area contributed by atoms with Gasteiger partial charge in [-0.2, -0.15) is 0 Å². The molecule has 1 saturated carbocycles. The Hall–Kier alpha value is -0.160. The summed E-state index contributed by atoms with van der Waals surface area (Å²) in [5.41, 5.74) is 6.50. The number of rotatable bonds is 3. The van der Waals surface area contributed by atoms with Crippen LogP contribution in [0.5, 0.6) is 0 Å². The third kappa shape index (κ3) is 2.52. The minimum atomic E-state index is 0.239. The molecule has 2 atom stereocenters. The molecule has 0 radical (unpaired) electrons. The van der Waals surface area contributed by atoms with Gasteiger partial charge < -0.3 is 10.5 Å². The molecule has 116 valence electrons. The fourth-order valence-electron chi connectivity index (χ4n) is 4.82. The summed E-state index contributed by atoms with van der Waals surface area (Å²) >= 11 is 0. The van der Waals surface area contributed by atoms with Crippen LogP contribution in [0.4, 0.5) is 0 Å². The Morgan fingerprint density at radius 1 is 1.20 bits per heavy atom. The largest absolute Gasteiger partial charge is 0.381 e. The molecule has 0 amide bonds. The molecule has 2 unspecified atom stereocenters. The van der Waals surface area contributed by atoms with Crippen molar-refractivity contribution in [3.05, 3.63) is 0 Å². The zero-order chi connectivity index (χ0) is 14.2. The van der Waals surface area contributed by atoms with Gasteiger partial charge >= 0.3 is 0 Å². The molecule has 2 aliphatic heterocycles. The topological polar surface area (TPSA) is 41.7 Å². The van der Waals surface area contributed by atoms with Crippen molar-refractivity contribution in [3.8, 4) is 0 Å². The van der Waals surface area contributed by atoms with E-state index in [9.17, 15) is 0 Å². The van der Waals surface area contributed by atoms with E-state index in [-0.39, 0.29) is 5.54 Å². The minimum absolute atomic E-state index is 0.239. The average molecular weight is 281 g/mol. The van der Waals surface area contributed by atoms with Gasteiger partial charge in [-0.3, -0.25) is 9.80 Å². The molecule has 0 bridgehead atoms. The second-order valence-electron chi connectivity index (χ2n) is 7.16. The zero-order valence-electron chi connectivity index (χ0n) is 13.2. The molecular formula is C16H31N3O. The fraction of sp³-hybridized carbons (Fsp3) is 1.00. The van der Waals surface area contributed by atoms with Crippen molar-refractivity contribution < 1.29 is 4.74 Å². The Kier molecular flexibility index (Phi) is 4.37. The predicted molar refractivity (Wildman–Crippen MR) is 81.8 cm³/mol. The van der Waals surface area contributed by atoms with E-state index in [1.165, 1.54) is 58.2 Å². The second-order valence-corrected chi connectivity index (χ2v) is 7.16. The quantitative estimate of drug-likeness (QED) is 0.850. The molecule has 0 aromatic heterocycles. The molecule has 3 rings (SSSR count). The number of nitrogens with zero attached hydrogens (tertiary/aromatic N) is 2. The molecule has 0 aromatic carbocycles. The molecule has 2 N–H and O–H groups in total. The predicted octanol–water partition coefficient (Wildman–Crippen LogP) is 1.44. The average Bonchev–Trinajstić information content (AvgIpc) is 2.93. The Labute approximate surface area is 123 Å². The van der Waals surface area contributed by atoms with Gasteiger partial charge in [0.15, 0.2) is 0 Å². The molecule has 20 heavy (non-hydrogen) atoms. The zero-order valence-corrected chi connectivity index (χ0v) is 13.2. The van der Waals surface area contributed by atoms with Crippen LogP contribution in [0.15, 0.2) is 0 Å². The van der Waals surface area contributed by atoms with Crippen molar-refractivity contribution in [1.29, 1.82) is 0 Å². The van der Waals surface area contributed by atoms with E-state index in [0.717, 1.165) is 12.6 Å². The van der Waals surface area contributed by atoms with Crippen LogP contribution in [-0.4, -0.2) is 66.8 Å². The lowest BCUT2D eigenvalue weighted by atomic mass is 9.77. The number of fused-ring (bicyclic) bond motifs is 1. The summed E-state index contributed by atoms with van der Waals surface area (Å²) in [6, 6.07) is 1.43. The van der Waals surface area contributed by atoms with Crippen molar-refractivity contribution >= 4 is 0 Å². The molecule has 3 aliphatic rings. The third-order valence-electron chi connectivity index (χ3n) is 6.12. The van der Waals surface area contributed by atoms with Gasteiger partial charge in [-0.1, -0.05) is 0 Å². The normalized spacial score (nSPS) is 43.6. The number of hydrogen-bond acceptors (Lipinski definition) is 4. The lowest BCUT2D eigenvalue weighted by Crippen LogP contribution is -2.66. The summed E-state index contributed by atoms with van der Waals surface area (Å²) in [7, 11) is 1.85. The summed E-state index contributed by atoms with van der Waals surface area (Å²) in [5, 5.41) is 0. The van der Waals surface area contributed by atoms with Gasteiger partial charge in [0.1, 0.15) is 0 Å². The monoisotopic (exact) mass is 281 g/mol. The first-order valence-corrected chi connectivity index (χ1v) is 8.42. The lowest BCUT2D eigenvalue weighted by Gasteiger charge is -2.54. The minimum Gasteiger partial charge on any atom is -0.381 e. The van der Waals surface area contributed by atoms with Gasteiger partial charge in [0, 0.05) is 44.4 Å². The van der Waals surface area contributed by atoms with E-state index < -0.39 is 0 Å². The third-order valence-corrected chi connectivity index (χ3v) is 6.12. The van der Waals surface area contributed by atoms with Crippen LogP contribution in [0.2, 0.25) is 0 Å². The van der Waals surface area contributed by atoms with E-state index in [2.05, 4.69) is 16.7 Å². The number of ether oxygens (including phenoxy) is 1. The van der Waals surface area contributed by atoms with Crippen molar-refractivity contribution in [1.82, 2.24) is 9.80 Å². The van der Waals surface area contributed by atoms with Crippen LogP contribution in [0.3, 0.4) is 0 Å². The van der Waals surface area contributed by atoms with Crippen molar-refractivity contribution in [3.63, 3.8) is 0 Å². The Bertz CT molecular complexity index is 328. The smallest absolute Gasteiger partial charge is 0.0572 e. The summed E-state index contributed by atoms with van der Waals surface area (Å²) in [4.78, 5) is 5.47. The molecule has 0 aromatic rings. The molecule has 1 aliphatic carbocycles. The van der Waals surface area contributed by atoms with Gasteiger partial charge in [0.25, 0.3) is 0 Å². The van der Waals surface area contributed by atoms with E-state index in [4.69, 9.17) is 10.5 Å². The van der Waals surface area contributed by atoms with E-state index >= 15 is 0 Å². The van der Waals surface area contributed by atoms with E-state index in [1.807, 2.05) is 7.11 Å². The maximum Gasteiger partial charge on any atom is 0.0572 e. The van der Waals surface area contributed by atoms with Gasteiger partial charge in [0.2, 0.25) is 0 Å². The summed E-state index contributed by atoms with van der Waals surface area (Å²) in [5.74, 6) is 0. The van der Waals surface area contributed by atoms with E-state index in [0.29, 0.717) is 12.1 Å². The summed E-state index contributed by atoms with van der Waals surface area (Å²) in [6.07, 6.45) is 7.98. The second kappa shape index (κ2) is 5.91. The van der Waals surface area contributed by atoms with Crippen molar-refractivity contribution in [2.75, 3.05) is 33.3 Å². The first-order valence-electron chi connectivity index (χ1n) is 8.42. The summed E-state index contributed by atoms with van der Waals surface area (Å²) in [6.45, 7) is 6.98. The SMILES string of the molecule is COC1CCC(CN)(N2CC3CCCN3CC2C)CC1. The Balaban J connectivity index is 1.72. The fourth-order valence-corrected chi connectivity index (χ4v) is 4.82. The number of nitrogens with two attached hydrogens (primary N) is 1. The lowest BCUT2D eigenvalue weighted by molar-refractivity contribution is -0.0598. The number of piperazine rings is 1. The number of hydrogen-bond donors (Lipinski definition) is 1. The molecule has 3 fully saturated rings. The van der Waals surface area contributed by atoms with Crippen LogP contribution in [0, 0.1) is 0 Å². The first kappa shape index (κ1) is 14.8. The maximum atomic E-state index is 6.26. The number of methoxy groups -OCH3 is 1. The Morgan fingerprint density at radius 3 is 2.60 bits per heavy atom. The van der Waals surface area contributed by atoms with Crippen LogP contribution in [0.1, 0.15) is 45.4 Å². The molecule has 4 nitrogen and oxygen atoms in total. The molecule has 2 saturated heterocycles. The highest BCUT2D eigenvalue weighted by molar-refractivity contribution is 5.02. The highest BCUT2D eigenvalue weighted by atomic mass is 16.5. The van der Waals surface area contributed by atoms with Crippen molar-refractivity contribution in [2.45, 2.75) is 69.2 Å². The molecule has 2 heterocycles. The highest BCUT2D eigenvalue weighted by Gasteiger charge is 2.45. The van der Waals surface area contributed by atoms with Crippen LogP contribution in [-0.2, 0) is 4.74 Å². The molecule has 0 spiro atoms. The van der Waals surface area contributed by atoms with Crippen LogP contribution >= 0.6 is 0 Å². The van der Waals surface area contributed by atoms with Gasteiger partial charge in [0.05, 0.1) is 6.10 Å². The summed E-state index contributed by atoms with van der Waals surface area (Å²) < 4.78 is 5.54. The Morgan fingerprint density at radius 2 is 1.95 bits per heavy atom. The van der Waals surface area contributed by atoms with Gasteiger partial charge in [-0.05, 0) is 52.0 Å². The molecule has 4 heteroatoms. The molecular weight excluding hydrogens is 250 g/mol. The van der Waals surface area contributed by atoms with Crippen molar-refractivity contribution in [2.24, 2.45) is 5.73 Å². The van der Waals surface area contributed by atoms with Crippen LogP contribution < -0.4 is 5.73 Å². The standard InChI is InChI=1S/C16H31N3O/c1-13-10-18-9-3-4-14(18)11-19(13)16(12-17)7-5-15(20-2)6-8-16/h13-15H,3-12,17H2,1-2H3. The maximum absolute atomic E-state index is 6.26. The van der Waals surface area contributed by atoms with E-state index in [1.54, 1.807) is 0 Å².